The Labute approximate surface area is 146 Å². The summed E-state index contributed by atoms with van der Waals surface area (Å²) in [5.41, 5.74) is 0.609. The van der Waals surface area contributed by atoms with E-state index in [2.05, 4.69) is 0 Å². The van der Waals surface area contributed by atoms with Crippen molar-refractivity contribution >= 4 is 17.7 Å². The van der Waals surface area contributed by atoms with Crippen LogP contribution in [0.2, 0.25) is 0 Å². The number of nitrogens with zero attached hydrogens (tertiary/aromatic N) is 1. The molecular formula is C19H23NO5. The van der Waals surface area contributed by atoms with Crippen molar-refractivity contribution in [2.45, 2.75) is 38.3 Å². The first-order chi connectivity index (χ1) is 11.9. The number of aliphatic carboxylic acids is 1. The van der Waals surface area contributed by atoms with Crippen molar-refractivity contribution in [1.82, 2.24) is 4.90 Å². The Morgan fingerprint density at radius 2 is 1.92 bits per heavy atom. The number of carbonyl (C=O) groups is 3. The molecular weight excluding hydrogens is 322 g/mol. The minimum Gasteiger partial charge on any atom is -0.481 e. The van der Waals surface area contributed by atoms with Crippen molar-refractivity contribution in [3.05, 3.63) is 48.0 Å². The molecule has 0 aromatic heterocycles. The largest absolute Gasteiger partial charge is 0.481 e. The summed E-state index contributed by atoms with van der Waals surface area (Å²) in [6.45, 7) is 2.65. The number of carboxylic acid groups (broad SMARTS) is 1. The Kier molecular flexibility index (Phi) is 6.47. The zero-order valence-electron chi connectivity index (χ0n) is 14.2. The molecule has 1 heterocycles. The second-order valence-corrected chi connectivity index (χ2v) is 6.40. The minimum atomic E-state index is -1.20. The highest BCUT2D eigenvalue weighted by Crippen LogP contribution is 2.26. The molecule has 6 nitrogen and oxygen atoms in total. The predicted octanol–water partition coefficient (Wildman–Crippen LogP) is 1.89. The van der Waals surface area contributed by atoms with Crippen molar-refractivity contribution in [3.63, 3.8) is 0 Å². The Morgan fingerprint density at radius 1 is 1.24 bits per heavy atom. The normalized spacial score (nSPS) is 21.4. The number of rotatable bonds is 7. The second-order valence-electron chi connectivity index (χ2n) is 6.40. The van der Waals surface area contributed by atoms with Crippen LogP contribution in [0.4, 0.5) is 0 Å². The highest BCUT2D eigenvalue weighted by molar-refractivity contribution is 5.95. The summed E-state index contributed by atoms with van der Waals surface area (Å²) in [4.78, 5) is 36.8. The third kappa shape index (κ3) is 5.26. The number of hydrogen-bond acceptors (Lipinski definition) is 4. The number of aliphatic hydroxyl groups excluding tert-OH is 1. The summed E-state index contributed by atoms with van der Waals surface area (Å²) in [7, 11) is 0. The van der Waals surface area contributed by atoms with Gasteiger partial charge in [-0.15, -0.1) is 0 Å². The Hall–Kier alpha value is -2.47. The number of hydrogen-bond donors (Lipinski definition) is 2. The molecule has 0 spiro atoms. The molecule has 2 rings (SSSR count). The zero-order valence-corrected chi connectivity index (χ0v) is 14.2. The van der Waals surface area contributed by atoms with Gasteiger partial charge in [-0.25, -0.2) is 0 Å². The van der Waals surface area contributed by atoms with E-state index in [1.165, 1.54) is 6.08 Å². The van der Waals surface area contributed by atoms with Gasteiger partial charge < -0.3 is 15.1 Å². The quantitative estimate of drug-likeness (QED) is 0.736. The maximum atomic E-state index is 12.6. The van der Waals surface area contributed by atoms with Crippen LogP contribution in [0.5, 0.6) is 0 Å². The highest BCUT2D eigenvalue weighted by atomic mass is 16.4. The van der Waals surface area contributed by atoms with Crippen molar-refractivity contribution in [2.24, 2.45) is 5.92 Å². The zero-order chi connectivity index (χ0) is 18.4. The van der Waals surface area contributed by atoms with E-state index < -0.39 is 18.5 Å². The van der Waals surface area contributed by atoms with E-state index in [0.717, 1.165) is 6.42 Å². The van der Waals surface area contributed by atoms with Crippen molar-refractivity contribution in [3.8, 4) is 0 Å². The van der Waals surface area contributed by atoms with Crippen LogP contribution in [0.1, 0.15) is 36.5 Å². The lowest BCUT2D eigenvalue weighted by atomic mass is 10.0. The Balaban J connectivity index is 2.01. The SMILES string of the molecule is C[C@H]1CCN(C(=O)c2ccccc2)[C@H]1C=CC(=O)C[C@@H](O)CC(=O)O. The third-order valence-electron chi connectivity index (χ3n) is 4.38. The molecule has 1 aromatic rings. The highest BCUT2D eigenvalue weighted by Gasteiger charge is 2.33. The molecule has 3 atom stereocenters. The van der Waals surface area contributed by atoms with Gasteiger partial charge in [-0.2, -0.15) is 0 Å². The van der Waals surface area contributed by atoms with Gasteiger partial charge in [-0.3, -0.25) is 14.4 Å². The number of amides is 1. The fourth-order valence-corrected chi connectivity index (χ4v) is 3.03. The van der Waals surface area contributed by atoms with Crippen LogP contribution in [0.25, 0.3) is 0 Å². The van der Waals surface area contributed by atoms with Crippen molar-refractivity contribution in [2.75, 3.05) is 6.54 Å². The van der Waals surface area contributed by atoms with Gasteiger partial charge in [0.05, 0.1) is 18.6 Å². The fraction of sp³-hybridized carbons (Fsp3) is 0.421. The monoisotopic (exact) mass is 345 g/mol. The molecule has 0 saturated carbocycles. The van der Waals surface area contributed by atoms with E-state index in [4.69, 9.17) is 5.11 Å². The van der Waals surface area contributed by atoms with Crippen LogP contribution in [0.15, 0.2) is 42.5 Å². The molecule has 2 N–H and O–H groups in total. The molecule has 25 heavy (non-hydrogen) atoms. The van der Waals surface area contributed by atoms with Crippen molar-refractivity contribution < 1.29 is 24.6 Å². The molecule has 0 bridgehead atoms. The molecule has 1 saturated heterocycles. The van der Waals surface area contributed by atoms with E-state index in [1.807, 2.05) is 25.1 Å². The summed E-state index contributed by atoms with van der Waals surface area (Å²) in [6, 6.07) is 8.81. The number of allylic oxidation sites excluding steroid dienone is 1. The van der Waals surface area contributed by atoms with Gasteiger partial charge in [-0.1, -0.05) is 31.2 Å². The number of ketones is 1. The molecule has 1 aromatic carbocycles. The lowest BCUT2D eigenvalue weighted by Gasteiger charge is -2.24. The first kappa shape index (κ1) is 18.9. The first-order valence-corrected chi connectivity index (χ1v) is 8.35. The maximum Gasteiger partial charge on any atom is 0.305 e. The molecule has 134 valence electrons. The Morgan fingerprint density at radius 3 is 2.56 bits per heavy atom. The summed E-state index contributed by atoms with van der Waals surface area (Å²) < 4.78 is 0. The molecule has 1 fully saturated rings. The average molecular weight is 345 g/mol. The molecule has 1 aliphatic rings. The van der Waals surface area contributed by atoms with Gasteiger partial charge in [0.25, 0.3) is 5.91 Å². The predicted molar refractivity (Wildman–Crippen MR) is 92.1 cm³/mol. The number of benzene rings is 1. The van der Waals surface area contributed by atoms with Crippen LogP contribution in [-0.2, 0) is 9.59 Å². The maximum absolute atomic E-state index is 12.6. The number of aliphatic hydroxyl groups is 1. The molecule has 6 heteroatoms. The number of carbonyl (C=O) groups excluding carboxylic acids is 2. The summed E-state index contributed by atoms with van der Waals surface area (Å²) in [5, 5.41) is 18.1. The minimum absolute atomic E-state index is 0.0713. The second kappa shape index (κ2) is 8.58. The number of likely N-dealkylation sites (tertiary alicyclic amines) is 1. The van der Waals surface area contributed by atoms with Gasteiger partial charge in [-0.05, 0) is 30.5 Å². The van der Waals surface area contributed by atoms with Gasteiger partial charge >= 0.3 is 5.97 Å². The molecule has 1 amide bonds. The third-order valence-corrected chi connectivity index (χ3v) is 4.38. The van der Waals surface area contributed by atoms with Gasteiger partial charge in [0.15, 0.2) is 5.78 Å². The van der Waals surface area contributed by atoms with Crippen LogP contribution in [0, 0.1) is 5.92 Å². The molecule has 1 aliphatic heterocycles. The van der Waals surface area contributed by atoms with Crippen LogP contribution in [-0.4, -0.2) is 51.5 Å². The van der Waals surface area contributed by atoms with Crippen molar-refractivity contribution in [1.29, 1.82) is 0 Å². The van der Waals surface area contributed by atoms with Crippen LogP contribution in [0.3, 0.4) is 0 Å². The summed E-state index contributed by atoms with van der Waals surface area (Å²) >= 11 is 0. The van der Waals surface area contributed by atoms with Gasteiger partial charge in [0.2, 0.25) is 0 Å². The summed E-state index contributed by atoms with van der Waals surface area (Å²) in [6.07, 6.45) is 1.99. The lowest BCUT2D eigenvalue weighted by Crippen LogP contribution is -2.36. The number of carboxylic acids is 1. The van der Waals surface area contributed by atoms with E-state index in [1.54, 1.807) is 23.1 Å². The standard InChI is InChI=1S/C19H23NO5/c1-13-9-10-20(19(25)14-5-3-2-4-6-14)17(13)8-7-15(21)11-16(22)12-18(23)24/h2-8,13,16-17,22H,9-12H2,1H3,(H,23,24)/t13-,16+,17-/m0/s1. The van der Waals surface area contributed by atoms with E-state index >= 15 is 0 Å². The van der Waals surface area contributed by atoms with Crippen LogP contribution < -0.4 is 0 Å². The molecule has 0 aliphatic carbocycles. The van der Waals surface area contributed by atoms with Crippen LogP contribution >= 0.6 is 0 Å². The average Bonchev–Trinajstić information content (AvgIpc) is 2.93. The molecule has 0 unspecified atom stereocenters. The fourth-order valence-electron chi connectivity index (χ4n) is 3.03. The lowest BCUT2D eigenvalue weighted by molar-refractivity contribution is -0.139. The van der Waals surface area contributed by atoms with E-state index in [-0.39, 0.29) is 30.1 Å². The van der Waals surface area contributed by atoms with E-state index in [0.29, 0.717) is 12.1 Å². The Bertz CT molecular complexity index is 655. The van der Waals surface area contributed by atoms with Gasteiger partial charge in [0, 0.05) is 18.5 Å². The first-order valence-electron chi connectivity index (χ1n) is 8.35. The molecule has 0 radical (unpaired) electrons. The smallest absolute Gasteiger partial charge is 0.305 e. The summed E-state index contributed by atoms with van der Waals surface area (Å²) in [5.74, 6) is -1.34. The van der Waals surface area contributed by atoms with E-state index in [9.17, 15) is 19.5 Å². The van der Waals surface area contributed by atoms with Gasteiger partial charge in [0.1, 0.15) is 0 Å². The topological polar surface area (TPSA) is 94.9 Å².